The number of nitriles is 1. The van der Waals surface area contributed by atoms with Gasteiger partial charge >= 0.3 is 6.18 Å². The number of rotatable bonds is 2. The van der Waals surface area contributed by atoms with E-state index in [4.69, 9.17) is 5.26 Å². The molecule has 26 heavy (non-hydrogen) atoms. The first kappa shape index (κ1) is 20.0. The van der Waals surface area contributed by atoms with Crippen LogP contribution in [0.2, 0.25) is 0 Å². The summed E-state index contributed by atoms with van der Waals surface area (Å²) in [6.45, 7) is 3.29. The van der Waals surface area contributed by atoms with Crippen molar-refractivity contribution >= 4 is 11.6 Å². The first-order chi connectivity index (χ1) is 11.8. The number of halogens is 7. The van der Waals surface area contributed by atoms with E-state index in [2.05, 4.69) is 0 Å². The Kier molecular flexibility index (Phi) is 4.96. The fraction of sp³-hybridized carbons (Fsp3) is 0.500. The molecule has 2 rings (SSSR count). The molecule has 1 amide bonds. The van der Waals surface area contributed by atoms with Crippen LogP contribution in [-0.2, 0) is 11.0 Å². The van der Waals surface area contributed by atoms with Gasteiger partial charge in [0.15, 0.2) is 23.3 Å². The van der Waals surface area contributed by atoms with E-state index in [9.17, 15) is 35.5 Å². The molecule has 1 aromatic rings. The van der Waals surface area contributed by atoms with Gasteiger partial charge in [0.2, 0.25) is 5.91 Å². The van der Waals surface area contributed by atoms with Crippen molar-refractivity contribution in [3.05, 3.63) is 28.8 Å². The Morgan fingerprint density at radius 3 is 2.04 bits per heavy atom. The molecular formula is C16H13F7N2O. The van der Waals surface area contributed by atoms with Crippen LogP contribution in [0, 0.1) is 40.0 Å². The van der Waals surface area contributed by atoms with Crippen LogP contribution >= 0.6 is 0 Å². The Labute approximate surface area is 144 Å². The quantitative estimate of drug-likeness (QED) is 0.550. The molecule has 0 radical (unpaired) electrons. The summed E-state index contributed by atoms with van der Waals surface area (Å²) < 4.78 is 94.2. The summed E-state index contributed by atoms with van der Waals surface area (Å²) in [6.07, 6.45) is -6.29. The lowest BCUT2D eigenvalue weighted by Crippen LogP contribution is -2.50. The van der Waals surface area contributed by atoms with Crippen LogP contribution in [0.1, 0.15) is 38.7 Å². The molecule has 1 unspecified atom stereocenters. The number of nitrogens with zero attached hydrogens (tertiary/aromatic N) is 2. The zero-order valence-corrected chi connectivity index (χ0v) is 13.6. The maximum atomic E-state index is 14.2. The molecule has 0 bridgehead atoms. The van der Waals surface area contributed by atoms with E-state index in [-0.39, 0.29) is 12.8 Å². The Hall–Kier alpha value is -2.31. The zero-order valence-electron chi connectivity index (χ0n) is 13.6. The van der Waals surface area contributed by atoms with Gasteiger partial charge < -0.3 is 4.90 Å². The van der Waals surface area contributed by atoms with Crippen LogP contribution in [0.15, 0.2) is 0 Å². The van der Waals surface area contributed by atoms with Crippen LogP contribution in [0.5, 0.6) is 0 Å². The second-order valence-corrected chi connectivity index (χ2v) is 6.80. The molecule has 142 valence electrons. The van der Waals surface area contributed by atoms with Gasteiger partial charge in [0, 0.05) is 6.42 Å². The second-order valence-electron chi connectivity index (χ2n) is 6.80. The molecule has 1 aliphatic rings. The van der Waals surface area contributed by atoms with Crippen LogP contribution in [0.4, 0.5) is 36.4 Å². The molecule has 0 N–H and O–H groups in total. The lowest BCUT2D eigenvalue weighted by atomic mass is 9.77. The summed E-state index contributed by atoms with van der Waals surface area (Å²) >= 11 is 0. The molecule has 1 saturated heterocycles. The molecule has 10 heteroatoms. The SMILES string of the molecule is CC1(C)CC(=O)N(c2c(F)c(F)c(C(F)(F)F)c(F)c2F)C(CC#N)C1. The molecule has 1 heterocycles. The second kappa shape index (κ2) is 6.45. The number of amides is 1. The van der Waals surface area contributed by atoms with Gasteiger partial charge in [-0.05, 0) is 11.8 Å². The van der Waals surface area contributed by atoms with Crippen molar-refractivity contribution in [2.45, 2.75) is 45.3 Å². The van der Waals surface area contributed by atoms with E-state index in [1.807, 2.05) is 0 Å². The lowest BCUT2D eigenvalue weighted by molar-refractivity contribution is -0.143. The molecule has 0 saturated carbocycles. The first-order valence-corrected chi connectivity index (χ1v) is 7.44. The lowest BCUT2D eigenvalue weighted by Gasteiger charge is -2.42. The zero-order chi connectivity index (χ0) is 20.0. The van der Waals surface area contributed by atoms with E-state index in [0.717, 1.165) is 0 Å². The van der Waals surface area contributed by atoms with Gasteiger partial charge in [-0.3, -0.25) is 4.79 Å². The third-order valence-corrected chi connectivity index (χ3v) is 4.14. The van der Waals surface area contributed by atoms with Gasteiger partial charge in [-0.15, -0.1) is 0 Å². The highest BCUT2D eigenvalue weighted by Crippen LogP contribution is 2.43. The number of hydrogen-bond acceptors (Lipinski definition) is 2. The molecular weight excluding hydrogens is 369 g/mol. The Morgan fingerprint density at radius 2 is 1.62 bits per heavy atom. The average molecular weight is 382 g/mol. The Balaban J connectivity index is 2.71. The van der Waals surface area contributed by atoms with Crippen LogP contribution in [0.25, 0.3) is 0 Å². The smallest absolute Gasteiger partial charge is 0.303 e. The minimum absolute atomic E-state index is 0.0649. The Bertz CT molecular complexity index is 766. The summed E-state index contributed by atoms with van der Waals surface area (Å²) in [4.78, 5) is 12.7. The normalized spacial score (nSPS) is 20.2. The summed E-state index contributed by atoms with van der Waals surface area (Å²) in [7, 11) is 0. The third kappa shape index (κ3) is 3.34. The number of carbonyl (C=O) groups excluding carboxylic acids is 1. The van der Waals surface area contributed by atoms with E-state index >= 15 is 0 Å². The third-order valence-electron chi connectivity index (χ3n) is 4.14. The molecule has 1 aliphatic heterocycles. The van der Waals surface area contributed by atoms with Crippen molar-refractivity contribution < 1.29 is 35.5 Å². The number of anilines is 1. The largest absolute Gasteiger partial charge is 0.422 e. The minimum atomic E-state index is -5.67. The van der Waals surface area contributed by atoms with Crippen molar-refractivity contribution in [2.24, 2.45) is 5.41 Å². The maximum Gasteiger partial charge on any atom is 0.422 e. The van der Waals surface area contributed by atoms with Gasteiger partial charge in [0.05, 0.1) is 18.5 Å². The number of hydrogen-bond donors (Lipinski definition) is 0. The van der Waals surface area contributed by atoms with E-state index in [1.165, 1.54) is 0 Å². The van der Waals surface area contributed by atoms with E-state index < -0.39 is 64.5 Å². The van der Waals surface area contributed by atoms with Crippen molar-refractivity contribution in [2.75, 3.05) is 4.90 Å². The fourth-order valence-electron chi connectivity index (χ4n) is 3.16. The number of piperidine rings is 1. The summed E-state index contributed by atoms with van der Waals surface area (Å²) in [6, 6.07) is 0.550. The van der Waals surface area contributed by atoms with Gasteiger partial charge in [0.25, 0.3) is 0 Å². The molecule has 3 nitrogen and oxygen atoms in total. The van der Waals surface area contributed by atoms with Crippen LogP contribution in [-0.4, -0.2) is 11.9 Å². The van der Waals surface area contributed by atoms with E-state index in [1.54, 1.807) is 19.9 Å². The van der Waals surface area contributed by atoms with Crippen molar-refractivity contribution in [1.82, 2.24) is 0 Å². The first-order valence-electron chi connectivity index (χ1n) is 7.44. The molecule has 1 atom stereocenters. The van der Waals surface area contributed by atoms with Crippen LogP contribution < -0.4 is 4.90 Å². The monoisotopic (exact) mass is 382 g/mol. The van der Waals surface area contributed by atoms with Gasteiger partial charge in [-0.2, -0.15) is 18.4 Å². The molecule has 0 spiro atoms. The maximum absolute atomic E-state index is 14.2. The minimum Gasteiger partial charge on any atom is -0.303 e. The molecule has 1 fully saturated rings. The molecule has 0 aromatic heterocycles. The van der Waals surface area contributed by atoms with Gasteiger partial charge in [-0.25, -0.2) is 17.6 Å². The molecule has 0 aliphatic carbocycles. The molecule has 1 aromatic carbocycles. The highest BCUT2D eigenvalue weighted by molar-refractivity contribution is 5.95. The highest BCUT2D eigenvalue weighted by Gasteiger charge is 2.46. The topological polar surface area (TPSA) is 44.1 Å². The number of carbonyl (C=O) groups is 1. The van der Waals surface area contributed by atoms with Crippen molar-refractivity contribution in [3.8, 4) is 6.07 Å². The predicted octanol–water partition coefficient (Wildman–Crippen LogP) is 4.70. The number of benzene rings is 1. The standard InChI is InChI=1S/C16H13F7N2O/c1-15(2)5-7(3-4-24)25(8(26)6-15)14-12(19)10(17)9(16(21,22)23)11(18)13(14)20/h7H,3,5-6H2,1-2H3. The van der Waals surface area contributed by atoms with E-state index in [0.29, 0.717) is 4.90 Å². The van der Waals surface area contributed by atoms with Crippen molar-refractivity contribution in [3.63, 3.8) is 0 Å². The average Bonchev–Trinajstić information content (AvgIpc) is 2.46. The summed E-state index contributed by atoms with van der Waals surface area (Å²) in [5.41, 5.74) is -4.92. The van der Waals surface area contributed by atoms with Gasteiger partial charge in [0.1, 0.15) is 11.3 Å². The van der Waals surface area contributed by atoms with Gasteiger partial charge in [-0.1, -0.05) is 13.8 Å². The fourth-order valence-corrected chi connectivity index (χ4v) is 3.16. The Morgan fingerprint density at radius 1 is 1.12 bits per heavy atom. The highest BCUT2D eigenvalue weighted by atomic mass is 19.4. The number of alkyl halides is 3. The van der Waals surface area contributed by atoms with Crippen LogP contribution in [0.3, 0.4) is 0 Å². The summed E-state index contributed by atoms with van der Waals surface area (Å²) in [5.74, 6) is -10.9. The summed E-state index contributed by atoms with van der Waals surface area (Å²) in [5, 5.41) is 8.87. The van der Waals surface area contributed by atoms with Crippen molar-refractivity contribution in [1.29, 1.82) is 5.26 Å². The predicted molar refractivity (Wildman–Crippen MR) is 75.8 cm³/mol.